The second kappa shape index (κ2) is 4.88. The summed E-state index contributed by atoms with van der Waals surface area (Å²) >= 11 is 1.25. The minimum atomic E-state index is -0.952. The van der Waals surface area contributed by atoms with Crippen LogP contribution >= 0.6 is 11.3 Å². The van der Waals surface area contributed by atoms with Crippen LogP contribution in [0.4, 0.5) is 15.8 Å². The molecule has 0 saturated heterocycles. The Bertz CT molecular complexity index is 600. The largest absolute Gasteiger partial charge is 0.320 e. The van der Waals surface area contributed by atoms with Gasteiger partial charge in [0, 0.05) is 17.1 Å². The van der Waals surface area contributed by atoms with Crippen LogP contribution in [0.25, 0.3) is 0 Å². The monoisotopic (exact) mass is 267 g/mol. The van der Waals surface area contributed by atoms with Crippen molar-refractivity contribution in [2.24, 2.45) is 0 Å². The lowest BCUT2D eigenvalue weighted by Gasteiger charge is -2.03. The van der Waals surface area contributed by atoms with Crippen molar-refractivity contribution in [3.63, 3.8) is 0 Å². The van der Waals surface area contributed by atoms with Crippen LogP contribution in [-0.2, 0) is 0 Å². The minimum absolute atomic E-state index is 0.140. The number of nitrogens with one attached hydrogen (secondary N) is 1. The predicted molar refractivity (Wildman–Crippen MR) is 63.1 cm³/mol. The van der Waals surface area contributed by atoms with Gasteiger partial charge in [-0.05, 0) is 12.1 Å². The van der Waals surface area contributed by atoms with E-state index in [0.717, 1.165) is 12.1 Å². The molecule has 18 heavy (non-hydrogen) atoms. The normalized spacial score (nSPS) is 10.1. The number of nitro benzene ring substituents is 1. The molecule has 0 saturated carbocycles. The van der Waals surface area contributed by atoms with Crippen molar-refractivity contribution in [2.45, 2.75) is 0 Å². The first kappa shape index (κ1) is 12.1. The van der Waals surface area contributed by atoms with Gasteiger partial charge in [0.1, 0.15) is 5.69 Å². The van der Waals surface area contributed by atoms with E-state index in [0.29, 0.717) is 0 Å². The second-order valence-corrected chi connectivity index (χ2v) is 3.97. The Morgan fingerprint density at radius 1 is 1.50 bits per heavy atom. The lowest BCUT2D eigenvalue weighted by molar-refractivity contribution is -0.387. The molecule has 0 aliphatic heterocycles. The molecule has 0 fully saturated rings. The molecule has 8 heteroatoms. The molecule has 1 N–H and O–H groups in total. The number of aromatic nitrogens is 1. The molecule has 0 bridgehead atoms. The predicted octanol–water partition coefficient (Wildman–Crippen LogP) is 2.44. The number of benzene rings is 1. The molecule has 0 atom stereocenters. The zero-order valence-corrected chi connectivity index (χ0v) is 9.61. The van der Waals surface area contributed by atoms with Gasteiger partial charge < -0.3 is 5.32 Å². The molecule has 1 heterocycles. The first-order valence-electron chi connectivity index (χ1n) is 4.71. The van der Waals surface area contributed by atoms with E-state index in [2.05, 4.69) is 10.3 Å². The third-order valence-electron chi connectivity index (χ3n) is 2.07. The highest BCUT2D eigenvalue weighted by Gasteiger charge is 2.16. The van der Waals surface area contributed by atoms with E-state index in [1.165, 1.54) is 28.3 Å². The van der Waals surface area contributed by atoms with Gasteiger partial charge in [0.15, 0.2) is 0 Å². The van der Waals surface area contributed by atoms with E-state index in [-0.39, 0.29) is 11.4 Å². The SMILES string of the molecule is O=C(Nc1ccc(F)c([N+](=O)[O-])c1)c1cscn1. The van der Waals surface area contributed by atoms with Crippen molar-refractivity contribution >= 4 is 28.6 Å². The molecule has 1 aromatic carbocycles. The molecule has 0 spiro atoms. The van der Waals surface area contributed by atoms with E-state index in [4.69, 9.17) is 0 Å². The number of amides is 1. The van der Waals surface area contributed by atoms with Gasteiger partial charge in [-0.3, -0.25) is 14.9 Å². The fraction of sp³-hybridized carbons (Fsp3) is 0. The van der Waals surface area contributed by atoms with Crippen molar-refractivity contribution in [1.29, 1.82) is 0 Å². The highest BCUT2D eigenvalue weighted by molar-refractivity contribution is 7.07. The highest BCUT2D eigenvalue weighted by atomic mass is 32.1. The zero-order valence-electron chi connectivity index (χ0n) is 8.79. The van der Waals surface area contributed by atoms with Crippen LogP contribution in [0, 0.1) is 15.9 Å². The zero-order chi connectivity index (χ0) is 13.1. The van der Waals surface area contributed by atoms with Crippen LogP contribution < -0.4 is 5.32 Å². The molecule has 1 aromatic heterocycles. The van der Waals surface area contributed by atoms with Crippen molar-refractivity contribution in [3.8, 4) is 0 Å². The lowest BCUT2D eigenvalue weighted by Crippen LogP contribution is -2.12. The Labute approximate surface area is 104 Å². The molecule has 6 nitrogen and oxygen atoms in total. The molecule has 1 amide bonds. The van der Waals surface area contributed by atoms with Gasteiger partial charge in [-0.25, -0.2) is 4.98 Å². The maximum absolute atomic E-state index is 13.1. The number of nitrogens with zero attached hydrogens (tertiary/aromatic N) is 2. The fourth-order valence-electron chi connectivity index (χ4n) is 1.25. The van der Waals surface area contributed by atoms with Crippen LogP contribution in [0.5, 0.6) is 0 Å². The van der Waals surface area contributed by atoms with Crippen molar-refractivity contribution in [2.75, 3.05) is 5.32 Å². The molecule has 0 aliphatic rings. The van der Waals surface area contributed by atoms with Gasteiger partial charge in [-0.2, -0.15) is 4.39 Å². The first-order chi connectivity index (χ1) is 8.58. The van der Waals surface area contributed by atoms with Gasteiger partial charge in [0.2, 0.25) is 5.82 Å². The lowest BCUT2D eigenvalue weighted by atomic mass is 10.2. The number of hydrogen-bond acceptors (Lipinski definition) is 5. The van der Waals surface area contributed by atoms with Gasteiger partial charge in [0.25, 0.3) is 5.91 Å². The van der Waals surface area contributed by atoms with Crippen LogP contribution in [0.15, 0.2) is 29.1 Å². The quantitative estimate of drug-likeness (QED) is 0.683. The maximum Gasteiger partial charge on any atom is 0.306 e. The fourth-order valence-corrected chi connectivity index (χ4v) is 1.78. The average molecular weight is 267 g/mol. The molecule has 2 aromatic rings. The van der Waals surface area contributed by atoms with Crippen molar-refractivity contribution < 1.29 is 14.1 Å². The van der Waals surface area contributed by atoms with Crippen molar-refractivity contribution in [3.05, 3.63) is 50.7 Å². The van der Waals surface area contributed by atoms with Gasteiger partial charge in [-0.1, -0.05) is 0 Å². The van der Waals surface area contributed by atoms with Gasteiger partial charge in [0.05, 0.1) is 10.4 Å². The van der Waals surface area contributed by atoms with Gasteiger partial charge in [-0.15, -0.1) is 11.3 Å². The molecule has 0 radical (unpaired) electrons. The minimum Gasteiger partial charge on any atom is -0.320 e. The number of anilines is 1. The van der Waals surface area contributed by atoms with E-state index < -0.39 is 22.3 Å². The summed E-state index contributed by atoms with van der Waals surface area (Å²) in [7, 11) is 0. The van der Waals surface area contributed by atoms with E-state index in [1.54, 1.807) is 0 Å². The third kappa shape index (κ3) is 2.48. The molecule has 2 rings (SSSR count). The summed E-state index contributed by atoms with van der Waals surface area (Å²) in [5.41, 5.74) is 1.14. The topological polar surface area (TPSA) is 85.1 Å². The van der Waals surface area contributed by atoms with Crippen LogP contribution in [-0.4, -0.2) is 15.8 Å². The second-order valence-electron chi connectivity index (χ2n) is 3.25. The third-order valence-corrected chi connectivity index (χ3v) is 2.65. The molecular weight excluding hydrogens is 261 g/mol. The van der Waals surface area contributed by atoms with Gasteiger partial charge >= 0.3 is 5.69 Å². The van der Waals surface area contributed by atoms with E-state index in [9.17, 15) is 19.3 Å². The highest BCUT2D eigenvalue weighted by Crippen LogP contribution is 2.22. The number of nitro groups is 1. The molecular formula is C10H6FN3O3S. The van der Waals surface area contributed by atoms with E-state index in [1.807, 2.05) is 0 Å². The summed E-state index contributed by atoms with van der Waals surface area (Å²) in [6.07, 6.45) is 0. The molecule has 92 valence electrons. The summed E-state index contributed by atoms with van der Waals surface area (Å²) in [5, 5.41) is 14.5. The van der Waals surface area contributed by atoms with Crippen LogP contribution in [0.1, 0.15) is 10.5 Å². The number of hydrogen-bond donors (Lipinski definition) is 1. The number of thiazole rings is 1. The Morgan fingerprint density at radius 2 is 2.28 bits per heavy atom. The van der Waals surface area contributed by atoms with Crippen molar-refractivity contribution in [1.82, 2.24) is 4.98 Å². The maximum atomic E-state index is 13.1. The molecule has 0 aliphatic carbocycles. The Hall–Kier alpha value is -2.35. The number of halogens is 1. The standard InChI is InChI=1S/C10H6FN3O3S/c11-7-2-1-6(3-9(7)14(16)17)13-10(15)8-4-18-5-12-8/h1-5H,(H,13,15). The van der Waals surface area contributed by atoms with Crippen LogP contribution in [0.2, 0.25) is 0 Å². The summed E-state index contributed by atoms with van der Waals surface area (Å²) in [4.78, 5) is 25.1. The smallest absolute Gasteiger partial charge is 0.306 e. The first-order valence-corrected chi connectivity index (χ1v) is 5.65. The summed E-state index contributed by atoms with van der Waals surface area (Å²) < 4.78 is 13.1. The number of rotatable bonds is 3. The average Bonchev–Trinajstić information content (AvgIpc) is 2.85. The number of carbonyl (C=O) groups excluding carboxylic acids is 1. The van der Waals surface area contributed by atoms with Crippen LogP contribution in [0.3, 0.4) is 0 Å². The Kier molecular flexibility index (Phi) is 3.28. The summed E-state index contributed by atoms with van der Waals surface area (Å²) in [6.45, 7) is 0. The number of carbonyl (C=O) groups is 1. The Morgan fingerprint density at radius 3 is 2.89 bits per heavy atom. The van der Waals surface area contributed by atoms with E-state index >= 15 is 0 Å². The summed E-state index contributed by atoms with van der Waals surface area (Å²) in [5.74, 6) is -1.45. The molecule has 0 unspecified atom stereocenters. The summed E-state index contributed by atoms with van der Waals surface area (Å²) in [6, 6.07) is 3.13. The Balaban J connectivity index is 2.22.